The molecule has 17 heavy (non-hydrogen) atoms. The maximum atomic E-state index is 11.6. The topological polar surface area (TPSA) is 68.0 Å². The van der Waals surface area contributed by atoms with Gasteiger partial charge in [0.1, 0.15) is 6.61 Å². The molecule has 0 aromatic rings. The van der Waals surface area contributed by atoms with Crippen LogP contribution >= 0.6 is 0 Å². The third kappa shape index (κ3) is 3.64. The van der Waals surface area contributed by atoms with Gasteiger partial charge in [0.2, 0.25) is 5.91 Å². The molecule has 2 saturated heterocycles. The lowest BCUT2D eigenvalue weighted by molar-refractivity contribution is -0.148. The van der Waals surface area contributed by atoms with Crippen molar-refractivity contribution in [1.29, 1.82) is 0 Å². The zero-order chi connectivity index (χ0) is 12.1. The monoisotopic (exact) mass is 243 g/mol. The SMILES string of the molecule is NCC1CN(CCN2CCOCC2)C(=O)CO1. The van der Waals surface area contributed by atoms with Crippen LogP contribution in [0.4, 0.5) is 0 Å². The largest absolute Gasteiger partial charge is 0.379 e. The minimum absolute atomic E-state index is 0.00242. The van der Waals surface area contributed by atoms with Gasteiger partial charge in [0, 0.05) is 39.3 Å². The minimum Gasteiger partial charge on any atom is -0.379 e. The van der Waals surface area contributed by atoms with Gasteiger partial charge in [-0.1, -0.05) is 0 Å². The molecule has 6 nitrogen and oxygen atoms in total. The Morgan fingerprint density at radius 1 is 1.29 bits per heavy atom. The molecule has 2 aliphatic heterocycles. The van der Waals surface area contributed by atoms with Gasteiger partial charge in [0.15, 0.2) is 0 Å². The molecule has 6 heteroatoms. The molecule has 1 atom stereocenters. The third-order valence-corrected chi connectivity index (χ3v) is 3.27. The number of ether oxygens (including phenoxy) is 2. The maximum absolute atomic E-state index is 11.6. The molecule has 1 unspecified atom stereocenters. The van der Waals surface area contributed by atoms with E-state index in [0.717, 1.165) is 39.4 Å². The molecule has 0 aromatic carbocycles. The molecule has 2 heterocycles. The number of nitrogens with zero attached hydrogens (tertiary/aromatic N) is 2. The Hall–Kier alpha value is -0.690. The fraction of sp³-hybridized carbons (Fsp3) is 0.909. The van der Waals surface area contributed by atoms with Gasteiger partial charge >= 0.3 is 0 Å². The summed E-state index contributed by atoms with van der Waals surface area (Å²) in [6, 6.07) is 0. The Bertz CT molecular complexity index is 256. The van der Waals surface area contributed by atoms with E-state index in [1.807, 2.05) is 4.90 Å². The molecule has 0 aliphatic carbocycles. The Kier molecular flexibility index (Phi) is 4.73. The number of nitrogens with two attached hydrogens (primary N) is 1. The molecule has 2 aliphatic rings. The Balaban J connectivity index is 1.74. The van der Waals surface area contributed by atoms with Crippen LogP contribution in [0.1, 0.15) is 0 Å². The van der Waals surface area contributed by atoms with Crippen molar-refractivity contribution in [2.45, 2.75) is 6.10 Å². The van der Waals surface area contributed by atoms with Gasteiger partial charge in [-0.15, -0.1) is 0 Å². The lowest BCUT2D eigenvalue weighted by Crippen LogP contribution is -2.51. The van der Waals surface area contributed by atoms with Crippen LogP contribution in [-0.2, 0) is 14.3 Å². The summed E-state index contributed by atoms with van der Waals surface area (Å²) in [4.78, 5) is 15.8. The lowest BCUT2D eigenvalue weighted by atomic mass is 10.2. The van der Waals surface area contributed by atoms with Crippen LogP contribution < -0.4 is 5.73 Å². The van der Waals surface area contributed by atoms with Crippen molar-refractivity contribution in [2.24, 2.45) is 5.73 Å². The van der Waals surface area contributed by atoms with E-state index in [4.69, 9.17) is 15.2 Å². The van der Waals surface area contributed by atoms with E-state index in [1.165, 1.54) is 0 Å². The highest BCUT2D eigenvalue weighted by Crippen LogP contribution is 2.06. The normalized spacial score (nSPS) is 27.5. The van der Waals surface area contributed by atoms with Crippen LogP contribution in [0.15, 0.2) is 0 Å². The number of amides is 1. The highest BCUT2D eigenvalue weighted by atomic mass is 16.5. The fourth-order valence-corrected chi connectivity index (χ4v) is 2.13. The Morgan fingerprint density at radius 2 is 2.06 bits per heavy atom. The maximum Gasteiger partial charge on any atom is 0.248 e. The molecular formula is C11H21N3O3. The quantitative estimate of drug-likeness (QED) is 0.651. The lowest BCUT2D eigenvalue weighted by Gasteiger charge is -2.34. The van der Waals surface area contributed by atoms with Gasteiger partial charge < -0.3 is 20.1 Å². The highest BCUT2D eigenvalue weighted by molar-refractivity contribution is 5.78. The van der Waals surface area contributed by atoms with Gasteiger partial charge in [-0.3, -0.25) is 9.69 Å². The fourth-order valence-electron chi connectivity index (χ4n) is 2.13. The second-order valence-corrected chi connectivity index (χ2v) is 4.46. The highest BCUT2D eigenvalue weighted by Gasteiger charge is 2.25. The van der Waals surface area contributed by atoms with Crippen molar-refractivity contribution in [1.82, 2.24) is 9.80 Å². The average molecular weight is 243 g/mol. The van der Waals surface area contributed by atoms with E-state index >= 15 is 0 Å². The first kappa shape index (κ1) is 12.8. The number of carbonyl (C=O) groups is 1. The van der Waals surface area contributed by atoms with Crippen molar-refractivity contribution in [3.8, 4) is 0 Å². The van der Waals surface area contributed by atoms with E-state index in [0.29, 0.717) is 13.1 Å². The average Bonchev–Trinajstić information content (AvgIpc) is 2.39. The first-order chi connectivity index (χ1) is 8.29. The van der Waals surface area contributed by atoms with Crippen molar-refractivity contribution in [3.63, 3.8) is 0 Å². The first-order valence-corrected chi connectivity index (χ1v) is 6.19. The second-order valence-electron chi connectivity index (χ2n) is 4.46. The number of carbonyl (C=O) groups excluding carboxylic acids is 1. The number of morpholine rings is 2. The van der Waals surface area contributed by atoms with Gasteiger partial charge in [-0.05, 0) is 0 Å². The second kappa shape index (κ2) is 6.30. The molecule has 2 rings (SSSR count). The number of hydrogen-bond donors (Lipinski definition) is 1. The zero-order valence-corrected chi connectivity index (χ0v) is 10.1. The van der Waals surface area contributed by atoms with E-state index < -0.39 is 0 Å². The van der Waals surface area contributed by atoms with Gasteiger partial charge in [0.25, 0.3) is 0 Å². The van der Waals surface area contributed by atoms with Crippen molar-refractivity contribution < 1.29 is 14.3 Å². The smallest absolute Gasteiger partial charge is 0.248 e. The summed E-state index contributed by atoms with van der Waals surface area (Å²) in [6.45, 7) is 6.44. The molecule has 0 saturated carbocycles. The molecule has 2 N–H and O–H groups in total. The third-order valence-electron chi connectivity index (χ3n) is 3.27. The van der Waals surface area contributed by atoms with Crippen LogP contribution in [0.25, 0.3) is 0 Å². The van der Waals surface area contributed by atoms with Gasteiger partial charge in [-0.2, -0.15) is 0 Å². The predicted molar refractivity (Wildman–Crippen MR) is 62.6 cm³/mol. The van der Waals surface area contributed by atoms with Crippen LogP contribution in [0, 0.1) is 0 Å². The predicted octanol–water partition coefficient (Wildman–Crippen LogP) is -1.50. The molecule has 0 aromatic heterocycles. The van der Waals surface area contributed by atoms with Crippen molar-refractivity contribution in [3.05, 3.63) is 0 Å². The summed E-state index contributed by atoms with van der Waals surface area (Å²) in [5, 5.41) is 0. The summed E-state index contributed by atoms with van der Waals surface area (Å²) in [5.74, 6) is 0.0722. The van der Waals surface area contributed by atoms with Crippen molar-refractivity contribution in [2.75, 3.05) is 59.1 Å². The molecule has 0 bridgehead atoms. The van der Waals surface area contributed by atoms with E-state index in [2.05, 4.69) is 4.90 Å². The minimum atomic E-state index is -0.00242. The zero-order valence-electron chi connectivity index (χ0n) is 10.1. The van der Waals surface area contributed by atoms with Crippen LogP contribution in [0.3, 0.4) is 0 Å². The van der Waals surface area contributed by atoms with Gasteiger partial charge in [-0.25, -0.2) is 0 Å². The molecule has 1 amide bonds. The number of hydrogen-bond acceptors (Lipinski definition) is 5. The molecule has 0 radical (unpaired) electrons. The van der Waals surface area contributed by atoms with E-state index in [-0.39, 0.29) is 18.6 Å². The van der Waals surface area contributed by atoms with E-state index in [1.54, 1.807) is 0 Å². The Morgan fingerprint density at radius 3 is 2.76 bits per heavy atom. The Labute approximate surface area is 102 Å². The number of rotatable bonds is 4. The molecular weight excluding hydrogens is 222 g/mol. The molecule has 98 valence electrons. The molecule has 0 spiro atoms. The summed E-state index contributed by atoms with van der Waals surface area (Å²) in [7, 11) is 0. The molecule has 2 fully saturated rings. The summed E-state index contributed by atoms with van der Waals surface area (Å²) in [5.41, 5.74) is 5.56. The van der Waals surface area contributed by atoms with Crippen LogP contribution in [-0.4, -0.2) is 80.9 Å². The summed E-state index contributed by atoms with van der Waals surface area (Å²) >= 11 is 0. The summed E-state index contributed by atoms with van der Waals surface area (Å²) in [6.07, 6.45) is -0.00242. The van der Waals surface area contributed by atoms with E-state index in [9.17, 15) is 4.79 Å². The van der Waals surface area contributed by atoms with Crippen molar-refractivity contribution >= 4 is 5.91 Å². The van der Waals surface area contributed by atoms with Crippen LogP contribution in [0.2, 0.25) is 0 Å². The standard InChI is InChI=1S/C11H21N3O3/c12-7-10-8-14(11(15)9-17-10)2-1-13-3-5-16-6-4-13/h10H,1-9,12H2. The van der Waals surface area contributed by atoms with Gasteiger partial charge in [0.05, 0.1) is 19.3 Å². The van der Waals surface area contributed by atoms with Crippen LogP contribution in [0.5, 0.6) is 0 Å². The summed E-state index contributed by atoms with van der Waals surface area (Å²) < 4.78 is 10.6. The first-order valence-electron chi connectivity index (χ1n) is 6.19.